The predicted octanol–water partition coefficient (Wildman–Crippen LogP) is 6.96. The highest BCUT2D eigenvalue weighted by atomic mass is 127. The average Bonchev–Trinajstić information content (AvgIpc) is 2.56. The first-order chi connectivity index (χ1) is 11.5. The third-order valence-corrected chi connectivity index (χ3v) is 6.32. The van der Waals surface area contributed by atoms with E-state index in [1.54, 1.807) is 0 Å². The molecule has 0 aromatic heterocycles. The van der Waals surface area contributed by atoms with E-state index in [0.717, 1.165) is 12.8 Å². The van der Waals surface area contributed by atoms with Crippen molar-refractivity contribution in [2.24, 2.45) is 0 Å². The van der Waals surface area contributed by atoms with E-state index in [1.165, 1.54) is 40.5 Å². The molecule has 2 heteroatoms. The second-order valence-corrected chi connectivity index (χ2v) is 8.59. The molecule has 3 rings (SSSR count). The van der Waals surface area contributed by atoms with E-state index in [0.29, 0.717) is 0 Å². The lowest BCUT2D eigenvalue weighted by molar-refractivity contribution is 0.947. The summed E-state index contributed by atoms with van der Waals surface area (Å²) >= 11 is 4.93. The van der Waals surface area contributed by atoms with Crippen LogP contribution in [-0.4, -0.2) is 0 Å². The highest BCUT2D eigenvalue weighted by Gasteiger charge is 2.06. The first-order valence-electron chi connectivity index (χ1n) is 8.13. The van der Waals surface area contributed by atoms with Gasteiger partial charge in [0, 0.05) is 7.14 Å². The van der Waals surface area contributed by atoms with E-state index in [-0.39, 0.29) is 0 Å². The maximum Gasteiger partial charge on any atom is 0.0168 e. The van der Waals surface area contributed by atoms with Crippen LogP contribution in [0.4, 0.5) is 0 Å². The topological polar surface area (TPSA) is 0 Å². The third kappa shape index (κ3) is 4.39. The monoisotopic (exact) mass is 538 g/mol. The van der Waals surface area contributed by atoms with Crippen molar-refractivity contribution < 1.29 is 0 Å². The Balaban J connectivity index is 1.76. The minimum atomic E-state index is 1.09. The lowest BCUT2D eigenvalue weighted by Crippen LogP contribution is -1.97. The van der Waals surface area contributed by atoms with Gasteiger partial charge in [0.15, 0.2) is 0 Å². The zero-order chi connectivity index (χ0) is 17.1. The van der Waals surface area contributed by atoms with E-state index in [2.05, 4.69) is 120 Å². The molecule has 3 aromatic rings. The van der Waals surface area contributed by atoms with E-state index in [1.807, 2.05) is 0 Å². The lowest BCUT2D eigenvalue weighted by Gasteiger charge is -2.10. The summed E-state index contributed by atoms with van der Waals surface area (Å²) in [6.07, 6.45) is 2.18. The summed E-state index contributed by atoms with van der Waals surface area (Å²) in [5.41, 5.74) is 8.10. The molecule has 3 aromatic carbocycles. The molecule has 0 saturated carbocycles. The maximum absolute atomic E-state index is 2.47. The van der Waals surface area contributed by atoms with Crippen LogP contribution in [0.3, 0.4) is 0 Å². The molecule has 0 aliphatic rings. The Morgan fingerprint density at radius 2 is 1.08 bits per heavy atom. The molecule has 0 unspecified atom stereocenters. The molecule has 0 saturated heterocycles. The molecule has 0 N–H and O–H groups in total. The van der Waals surface area contributed by atoms with Crippen LogP contribution in [0.25, 0.3) is 11.1 Å². The van der Waals surface area contributed by atoms with Gasteiger partial charge in [-0.3, -0.25) is 0 Å². The Morgan fingerprint density at radius 1 is 0.583 bits per heavy atom. The summed E-state index contributed by atoms with van der Waals surface area (Å²) in [4.78, 5) is 0. The van der Waals surface area contributed by atoms with Crippen LogP contribution in [0.5, 0.6) is 0 Å². The fourth-order valence-corrected chi connectivity index (χ4v) is 4.53. The second kappa shape index (κ2) is 8.00. The summed E-state index contributed by atoms with van der Waals surface area (Å²) in [6, 6.07) is 22.4. The molecule has 24 heavy (non-hydrogen) atoms. The molecule has 0 nitrogen and oxygen atoms in total. The normalized spacial score (nSPS) is 10.8. The van der Waals surface area contributed by atoms with Gasteiger partial charge in [-0.05, 0) is 106 Å². The Hall–Kier alpha value is -0.880. The van der Waals surface area contributed by atoms with Crippen LogP contribution in [0.1, 0.15) is 22.3 Å². The smallest absolute Gasteiger partial charge is 0.0168 e. The first kappa shape index (κ1) is 17.9. The van der Waals surface area contributed by atoms with Gasteiger partial charge in [-0.2, -0.15) is 0 Å². The van der Waals surface area contributed by atoms with Crippen LogP contribution in [-0.2, 0) is 12.8 Å². The fourth-order valence-electron chi connectivity index (χ4n) is 2.80. The Labute approximate surface area is 172 Å². The largest absolute Gasteiger partial charge is 0.0590 e. The predicted molar refractivity (Wildman–Crippen MR) is 121 cm³/mol. The number of rotatable bonds is 4. The number of benzene rings is 3. The van der Waals surface area contributed by atoms with Gasteiger partial charge in [0.2, 0.25) is 0 Å². The van der Waals surface area contributed by atoms with Gasteiger partial charge in [-0.15, -0.1) is 0 Å². The summed E-state index contributed by atoms with van der Waals surface area (Å²) in [5.74, 6) is 0. The molecular weight excluding hydrogens is 518 g/mol. The maximum atomic E-state index is 2.47. The third-order valence-electron chi connectivity index (χ3n) is 4.31. The van der Waals surface area contributed by atoms with E-state index in [9.17, 15) is 0 Å². The number of hydrogen-bond donors (Lipinski definition) is 0. The molecule has 0 atom stereocenters. The van der Waals surface area contributed by atoms with Crippen LogP contribution in [0.15, 0.2) is 60.7 Å². The molecule has 0 bridgehead atoms. The van der Waals surface area contributed by atoms with Crippen LogP contribution >= 0.6 is 45.2 Å². The van der Waals surface area contributed by atoms with Gasteiger partial charge in [0.05, 0.1) is 0 Å². The Kier molecular flexibility index (Phi) is 5.98. The molecule has 122 valence electrons. The lowest BCUT2D eigenvalue weighted by atomic mass is 9.99. The second-order valence-electron chi connectivity index (χ2n) is 6.27. The van der Waals surface area contributed by atoms with Crippen molar-refractivity contribution in [2.75, 3.05) is 0 Å². The minimum absolute atomic E-state index is 1.09. The van der Waals surface area contributed by atoms with Gasteiger partial charge in [0.25, 0.3) is 0 Å². The fraction of sp³-hybridized carbons (Fsp3) is 0.182. The highest BCUT2D eigenvalue weighted by Crippen LogP contribution is 2.25. The molecule has 0 radical (unpaired) electrons. The van der Waals surface area contributed by atoms with Crippen LogP contribution < -0.4 is 0 Å². The van der Waals surface area contributed by atoms with Crippen molar-refractivity contribution in [1.29, 1.82) is 0 Å². The Bertz CT molecular complexity index is 848. The van der Waals surface area contributed by atoms with Crippen molar-refractivity contribution in [1.82, 2.24) is 0 Å². The zero-order valence-corrected chi connectivity index (χ0v) is 18.3. The molecule has 0 spiro atoms. The SMILES string of the molecule is Cc1ccc(-c2ccc(CCc3ccc(C)cc3I)c(I)c2)cc1. The summed E-state index contributed by atoms with van der Waals surface area (Å²) < 4.78 is 2.73. The van der Waals surface area contributed by atoms with Crippen molar-refractivity contribution in [3.63, 3.8) is 0 Å². The van der Waals surface area contributed by atoms with Gasteiger partial charge in [0.1, 0.15) is 0 Å². The highest BCUT2D eigenvalue weighted by molar-refractivity contribution is 14.1. The van der Waals surface area contributed by atoms with Gasteiger partial charge in [-0.1, -0.05) is 59.7 Å². The minimum Gasteiger partial charge on any atom is -0.0590 e. The summed E-state index contributed by atoms with van der Waals surface area (Å²) in [6.45, 7) is 4.28. The summed E-state index contributed by atoms with van der Waals surface area (Å²) in [7, 11) is 0. The number of hydrogen-bond acceptors (Lipinski definition) is 0. The molecular formula is C22H20I2. The van der Waals surface area contributed by atoms with Crippen molar-refractivity contribution in [3.05, 3.63) is 90.1 Å². The van der Waals surface area contributed by atoms with Crippen LogP contribution in [0.2, 0.25) is 0 Å². The zero-order valence-electron chi connectivity index (χ0n) is 13.9. The quantitative estimate of drug-likeness (QED) is 0.315. The van der Waals surface area contributed by atoms with Crippen molar-refractivity contribution >= 4 is 45.2 Å². The van der Waals surface area contributed by atoms with E-state index < -0.39 is 0 Å². The van der Waals surface area contributed by atoms with Gasteiger partial charge < -0.3 is 0 Å². The first-order valence-corrected chi connectivity index (χ1v) is 10.3. The number of halogens is 2. The number of aryl methyl sites for hydroxylation is 4. The van der Waals surface area contributed by atoms with E-state index in [4.69, 9.17) is 0 Å². The summed E-state index contributed by atoms with van der Waals surface area (Å²) in [5, 5.41) is 0. The molecule has 0 heterocycles. The molecule has 0 fully saturated rings. The average molecular weight is 538 g/mol. The van der Waals surface area contributed by atoms with Crippen molar-refractivity contribution in [2.45, 2.75) is 26.7 Å². The van der Waals surface area contributed by atoms with Crippen molar-refractivity contribution in [3.8, 4) is 11.1 Å². The van der Waals surface area contributed by atoms with Crippen LogP contribution in [0, 0.1) is 21.0 Å². The van der Waals surface area contributed by atoms with Gasteiger partial charge in [-0.25, -0.2) is 0 Å². The molecule has 0 amide bonds. The van der Waals surface area contributed by atoms with E-state index >= 15 is 0 Å². The molecule has 0 aliphatic heterocycles. The Morgan fingerprint density at radius 3 is 1.67 bits per heavy atom. The molecule has 0 aliphatic carbocycles. The standard InChI is InChI=1S/C22H20I2/c1-15-3-6-17(7-4-15)20-12-11-19(22(24)14-20)10-9-18-8-5-16(2)13-21(18)23/h3-8,11-14H,9-10H2,1-2H3. The van der Waals surface area contributed by atoms with Gasteiger partial charge >= 0.3 is 0 Å².